The van der Waals surface area contributed by atoms with Gasteiger partial charge in [-0.1, -0.05) is 129 Å². The summed E-state index contributed by atoms with van der Waals surface area (Å²) in [5.41, 5.74) is 0. The second-order valence-corrected chi connectivity index (χ2v) is 16.2. The van der Waals surface area contributed by atoms with E-state index in [1.54, 1.807) is 0 Å². The first-order valence-corrected chi connectivity index (χ1v) is 22.3. The highest BCUT2D eigenvalue weighted by Crippen LogP contribution is 2.23. The molecule has 0 aromatic rings. The number of piperidine rings is 1. The fourth-order valence-corrected chi connectivity index (χ4v) is 7.63. The molecule has 55 heavy (non-hydrogen) atoms. The molecule has 0 spiro atoms. The highest BCUT2D eigenvalue weighted by atomic mass is 16.7. The summed E-state index contributed by atoms with van der Waals surface area (Å²) in [4.78, 5) is 25.2. The maximum absolute atomic E-state index is 13.0. The van der Waals surface area contributed by atoms with E-state index in [-0.39, 0.29) is 30.8 Å². The molecule has 2 amide bonds. The predicted octanol–water partition coefficient (Wildman–Crippen LogP) is 4.12. The molecular formula is C42H81N3O10. The van der Waals surface area contributed by atoms with Crippen molar-refractivity contribution in [3.05, 3.63) is 0 Å². The van der Waals surface area contributed by atoms with Crippen LogP contribution in [0.5, 0.6) is 0 Å². The molecule has 2 fully saturated rings. The first-order chi connectivity index (χ1) is 26.7. The van der Waals surface area contributed by atoms with E-state index < -0.39 is 55.6 Å². The zero-order chi connectivity index (χ0) is 40.1. The lowest BCUT2D eigenvalue weighted by atomic mass is 9.97. The Kier molecular flexibility index (Phi) is 28.5. The van der Waals surface area contributed by atoms with Gasteiger partial charge in [-0.05, 0) is 45.2 Å². The Balaban J connectivity index is 1.67. The van der Waals surface area contributed by atoms with Crippen molar-refractivity contribution in [2.45, 2.75) is 216 Å². The van der Waals surface area contributed by atoms with Gasteiger partial charge in [-0.2, -0.15) is 0 Å². The van der Waals surface area contributed by atoms with Crippen LogP contribution in [0.1, 0.15) is 167 Å². The molecular weight excluding hydrogens is 706 g/mol. The number of aliphatic hydroxyl groups excluding tert-OH is 6. The van der Waals surface area contributed by atoms with Crippen molar-refractivity contribution >= 4 is 11.8 Å². The number of aliphatic hydroxyl groups is 6. The third kappa shape index (κ3) is 21.8. The molecule has 9 N–H and O–H groups in total. The molecule has 0 aromatic carbocycles. The second kappa shape index (κ2) is 31.6. The summed E-state index contributed by atoms with van der Waals surface area (Å²) in [6, 6.07) is -1.01. The van der Waals surface area contributed by atoms with Gasteiger partial charge in [0, 0.05) is 18.9 Å². The van der Waals surface area contributed by atoms with E-state index in [4.69, 9.17) is 9.47 Å². The van der Waals surface area contributed by atoms with Crippen molar-refractivity contribution in [1.29, 1.82) is 0 Å². The van der Waals surface area contributed by atoms with Crippen LogP contribution in [0.25, 0.3) is 0 Å². The average Bonchev–Trinajstić information content (AvgIpc) is 3.19. The van der Waals surface area contributed by atoms with Crippen LogP contribution in [0.2, 0.25) is 0 Å². The van der Waals surface area contributed by atoms with Gasteiger partial charge in [0.2, 0.25) is 11.8 Å². The molecule has 13 heteroatoms. The topological polar surface area (TPSA) is 210 Å². The number of ether oxygens (including phenoxy) is 2. The predicted molar refractivity (Wildman–Crippen MR) is 214 cm³/mol. The molecule has 0 saturated carbocycles. The molecule has 2 saturated heterocycles. The fourth-order valence-electron chi connectivity index (χ4n) is 7.63. The van der Waals surface area contributed by atoms with E-state index in [1.165, 1.54) is 51.4 Å². The lowest BCUT2D eigenvalue weighted by molar-refractivity contribution is -0.303. The Hall–Kier alpha value is -1.42. The maximum Gasteiger partial charge on any atom is 0.223 e. The molecule has 2 aliphatic rings. The van der Waals surface area contributed by atoms with Crippen LogP contribution in [-0.4, -0.2) is 124 Å². The van der Waals surface area contributed by atoms with Crippen LogP contribution < -0.4 is 16.0 Å². The normalized spacial score (nSPS) is 23.7. The first-order valence-electron chi connectivity index (χ1n) is 22.3. The van der Waals surface area contributed by atoms with Gasteiger partial charge < -0.3 is 56.1 Å². The minimum atomic E-state index is -1.62. The third-order valence-corrected chi connectivity index (χ3v) is 11.4. The van der Waals surface area contributed by atoms with Crippen LogP contribution in [0.4, 0.5) is 0 Å². The van der Waals surface area contributed by atoms with Gasteiger partial charge in [-0.25, -0.2) is 0 Å². The fraction of sp³-hybridized carbons (Fsp3) is 0.952. The molecule has 0 aromatic heterocycles. The molecule has 2 rings (SSSR count). The standard InChI is InChI=1S/C42H81N3O10/c1-2-3-4-5-6-7-8-9-11-14-17-20-23-34(47)37(49)33(31-54-42-40(52)39(51)38(50)35(30-46)55-42)45-36(48)24-21-18-15-12-10-13-16-19-22-27-44-41(53)32-25-28-43-29-26-32/h32-35,37-40,42-43,46-47,49-52H,2-31H2,1H3,(H,44,53)(H,45,48)/t33?,34?,35-,37?,38+,39+,40-,42+/m1/s1. The summed E-state index contributed by atoms with van der Waals surface area (Å²) in [5, 5.41) is 71.4. The minimum Gasteiger partial charge on any atom is -0.394 e. The van der Waals surface area contributed by atoms with Crippen molar-refractivity contribution in [1.82, 2.24) is 16.0 Å². The number of carbonyl (C=O) groups is 2. The molecule has 8 atom stereocenters. The van der Waals surface area contributed by atoms with Crippen molar-refractivity contribution in [3.8, 4) is 0 Å². The summed E-state index contributed by atoms with van der Waals surface area (Å²) < 4.78 is 11.1. The number of amides is 2. The van der Waals surface area contributed by atoms with Crippen molar-refractivity contribution in [2.24, 2.45) is 5.92 Å². The average molecular weight is 788 g/mol. The summed E-state index contributed by atoms with van der Waals surface area (Å²) in [7, 11) is 0. The molecule has 13 nitrogen and oxygen atoms in total. The third-order valence-electron chi connectivity index (χ3n) is 11.4. The Bertz CT molecular complexity index is 957. The van der Waals surface area contributed by atoms with E-state index in [0.29, 0.717) is 12.8 Å². The van der Waals surface area contributed by atoms with Crippen molar-refractivity contribution in [3.63, 3.8) is 0 Å². The zero-order valence-corrected chi connectivity index (χ0v) is 34.2. The monoisotopic (exact) mass is 788 g/mol. The van der Waals surface area contributed by atoms with E-state index >= 15 is 0 Å². The number of rotatable bonds is 33. The van der Waals surface area contributed by atoms with Crippen molar-refractivity contribution < 1.29 is 49.7 Å². The van der Waals surface area contributed by atoms with Gasteiger partial charge in [0.25, 0.3) is 0 Å². The molecule has 0 bridgehead atoms. The first kappa shape index (κ1) is 49.7. The molecule has 0 aliphatic carbocycles. The smallest absolute Gasteiger partial charge is 0.223 e. The van der Waals surface area contributed by atoms with Gasteiger partial charge in [0.15, 0.2) is 6.29 Å². The minimum absolute atomic E-state index is 0.158. The van der Waals surface area contributed by atoms with E-state index in [1.807, 2.05) is 0 Å². The lowest BCUT2D eigenvalue weighted by Gasteiger charge is -2.40. The summed E-state index contributed by atoms with van der Waals surface area (Å²) in [6.07, 6.45) is 16.1. The Morgan fingerprint density at radius 2 is 1.25 bits per heavy atom. The highest BCUT2D eigenvalue weighted by Gasteiger charge is 2.44. The van der Waals surface area contributed by atoms with Crippen molar-refractivity contribution in [2.75, 3.05) is 32.8 Å². The largest absolute Gasteiger partial charge is 0.394 e. The number of carbonyl (C=O) groups excluding carboxylic acids is 2. The number of nitrogens with one attached hydrogen (secondary N) is 3. The molecule has 324 valence electrons. The van der Waals surface area contributed by atoms with Crippen LogP contribution in [-0.2, 0) is 19.1 Å². The summed E-state index contributed by atoms with van der Waals surface area (Å²) in [5.74, 6) is 0.0725. The summed E-state index contributed by atoms with van der Waals surface area (Å²) >= 11 is 0. The van der Waals surface area contributed by atoms with Gasteiger partial charge in [0.1, 0.15) is 30.5 Å². The van der Waals surface area contributed by atoms with Gasteiger partial charge in [-0.3, -0.25) is 9.59 Å². The number of unbranched alkanes of at least 4 members (excludes halogenated alkanes) is 19. The lowest BCUT2D eigenvalue weighted by Crippen LogP contribution is -2.60. The van der Waals surface area contributed by atoms with Crippen LogP contribution in [0.15, 0.2) is 0 Å². The van der Waals surface area contributed by atoms with Crippen LogP contribution in [0.3, 0.4) is 0 Å². The van der Waals surface area contributed by atoms with E-state index in [9.17, 15) is 40.2 Å². The SMILES string of the molecule is CCCCCCCCCCCCCCC(O)C(O)C(CO[C@H]1O[C@H](CO)[C@H](O)[C@H](O)[C@H]1O)NC(=O)CCCCCCCCCCCNC(=O)C1CCNCC1. The number of hydrogen-bond acceptors (Lipinski definition) is 11. The van der Waals surface area contributed by atoms with Gasteiger partial charge >= 0.3 is 0 Å². The second-order valence-electron chi connectivity index (χ2n) is 16.2. The molecule has 0 radical (unpaired) electrons. The zero-order valence-electron chi connectivity index (χ0n) is 34.2. The Morgan fingerprint density at radius 1 is 0.727 bits per heavy atom. The highest BCUT2D eigenvalue weighted by molar-refractivity contribution is 5.78. The molecule has 3 unspecified atom stereocenters. The van der Waals surface area contributed by atoms with E-state index in [2.05, 4.69) is 22.9 Å². The van der Waals surface area contributed by atoms with E-state index in [0.717, 1.165) is 110 Å². The quantitative estimate of drug-likeness (QED) is 0.0432. The van der Waals surface area contributed by atoms with Crippen LogP contribution in [0, 0.1) is 5.92 Å². The molecule has 2 heterocycles. The Labute approximate surface area is 332 Å². The Morgan fingerprint density at radius 3 is 1.82 bits per heavy atom. The van der Waals surface area contributed by atoms with Gasteiger partial charge in [-0.15, -0.1) is 0 Å². The maximum atomic E-state index is 13.0. The van der Waals surface area contributed by atoms with Gasteiger partial charge in [0.05, 0.1) is 25.4 Å². The van der Waals surface area contributed by atoms with Crippen LogP contribution >= 0.6 is 0 Å². The number of hydrogen-bond donors (Lipinski definition) is 9. The molecule has 2 aliphatic heterocycles. The summed E-state index contributed by atoms with van der Waals surface area (Å²) in [6.45, 7) is 3.90.